The Balaban J connectivity index is 1.90. The number of ether oxygens (including phenoxy) is 3. The summed E-state index contributed by atoms with van der Waals surface area (Å²) < 4.78 is 16.6. The van der Waals surface area contributed by atoms with Crippen molar-refractivity contribution in [2.24, 2.45) is 0 Å². The maximum atomic E-state index is 5.88. The van der Waals surface area contributed by atoms with Crippen LogP contribution in [0.3, 0.4) is 0 Å². The van der Waals surface area contributed by atoms with Gasteiger partial charge in [-0.3, -0.25) is 0 Å². The van der Waals surface area contributed by atoms with E-state index in [1.54, 1.807) is 0 Å². The van der Waals surface area contributed by atoms with E-state index in [2.05, 4.69) is 26.0 Å². The Morgan fingerprint density at radius 1 is 1.22 bits per heavy atom. The summed E-state index contributed by atoms with van der Waals surface area (Å²) >= 11 is 0. The molecule has 0 saturated carbocycles. The van der Waals surface area contributed by atoms with E-state index in [-0.39, 0.29) is 0 Å². The Labute approximate surface area is 109 Å². The smallest absolute Gasteiger partial charge is 0.231 e. The van der Waals surface area contributed by atoms with E-state index in [0.717, 1.165) is 37.4 Å². The molecule has 0 aliphatic carbocycles. The van der Waals surface area contributed by atoms with E-state index in [9.17, 15) is 0 Å². The van der Waals surface area contributed by atoms with Gasteiger partial charge in [0.25, 0.3) is 0 Å². The lowest BCUT2D eigenvalue weighted by Crippen LogP contribution is -2.15. The zero-order valence-corrected chi connectivity index (χ0v) is 11.3. The molecule has 3 heteroatoms. The molecule has 1 aliphatic rings. The number of hydrogen-bond donors (Lipinski definition) is 0. The number of hydrogen-bond acceptors (Lipinski definition) is 3. The van der Waals surface area contributed by atoms with Crippen LogP contribution < -0.4 is 9.47 Å². The molecule has 1 heterocycles. The van der Waals surface area contributed by atoms with Crippen molar-refractivity contribution in [2.75, 3.05) is 13.4 Å². The van der Waals surface area contributed by atoms with Crippen LogP contribution in [-0.2, 0) is 11.2 Å². The molecular weight excluding hydrogens is 228 g/mol. The maximum Gasteiger partial charge on any atom is 0.231 e. The Morgan fingerprint density at radius 3 is 2.83 bits per heavy atom. The molecule has 3 nitrogen and oxygen atoms in total. The molecule has 0 spiro atoms. The van der Waals surface area contributed by atoms with Crippen molar-refractivity contribution >= 4 is 0 Å². The Kier molecular flexibility index (Phi) is 4.88. The third-order valence-electron chi connectivity index (χ3n) is 3.21. The second kappa shape index (κ2) is 6.64. The molecule has 0 aromatic heterocycles. The van der Waals surface area contributed by atoms with Gasteiger partial charge in [-0.25, -0.2) is 0 Å². The third kappa shape index (κ3) is 3.39. The van der Waals surface area contributed by atoms with Crippen LogP contribution in [0.15, 0.2) is 18.2 Å². The van der Waals surface area contributed by atoms with Crippen molar-refractivity contribution in [3.63, 3.8) is 0 Å². The molecule has 2 rings (SSSR count). The third-order valence-corrected chi connectivity index (χ3v) is 3.21. The van der Waals surface area contributed by atoms with Crippen molar-refractivity contribution in [1.82, 2.24) is 0 Å². The fourth-order valence-electron chi connectivity index (χ4n) is 2.05. The first kappa shape index (κ1) is 13.2. The Bertz CT molecular complexity index is 376. The summed E-state index contributed by atoms with van der Waals surface area (Å²) in [5, 5.41) is 0. The summed E-state index contributed by atoms with van der Waals surface area (Å²) in [6.45, 7) is 5.55. The predicted molar refractivity (Wildman–Crippen MR) is 71.2 cm³/mol. The molecule has 0 bridgehead atoms. The number of unbranched alkanes of at least 4 members (excludes halogenated alkanes) is 1. The molecule has 1 aromatic carbocycles. The van der Waals surface area contributed by atoms with Gasteiger partial charge in [-0.1, -0.05) is 26.3 Å². The van der Waals surface area contributed by atoms with Gasteiger partial charge in [0, 0.05) is 6.61 Å². The highest BCUT2D eigenvalue weighted by molar-refractivity contribution is 5.44. The highest BCUT2D eigenvalue weighted by atomic mass is 16.7. The van der Waals surface area contributed by atoms with E-state index < -0.39 is 0 Å². The van der Waals surface area contributed by atoms with Crippen molar-refractivity contribution < 1.29 is 14.2 Å². The van der Waals surface area contributed by atoms with Crippen LogP contribution in [0, 0.1) is 0 Å². The minimum absolute atomic E-state index is 0.303. The average Bonchev–Trinajstić information content (AvgIpc) is 2.85. The molecule has 0 radical (unpaired) electrons. The standard InChI is InChI=1S/C15H22O3/c1-3-5-8-16-13(4-2)9-12-6-7-14-15(10-12)18-11-17-14/h6-7,10,13H,3-5,8-9,11H2,1-2H3. The first-order chi connectivity index (χ1) is 8.83. The number of rotatable bonds is 7. The van der Waals surface area contributed by atoms with Crippen LogP contribution in [0.5, 0.6) is 11.5 Å². The van der Waals surface area contributed by atoms with Crippen LogP contribution in [-0.4, -0.2) is 19.5 Å². The molecule has 0 fully saturated rings. The summed E-state index contributed by atoms with van der Waals surface area (Å²) in [5.74, 6) is 1.70. The van der Waals surface area contributed by atoms with Crippen molar-refractivity contribution in [3.05, 3.63) is 23.8 Å². The monoisotopic (exact) mass is 250 g/mol. The molecule has 0 amide bonds. The largest absolute Gasteiger partial charge is 0.454 e. The molecule has 1 atom stereocenters. The van der Waals surface area contributed by atoms with Gasteiger partial charge in [0.15, 0.2) is 11.5 Å². The lowest BCUT2D eigenvalue weighted by molar-refractivity contribution is 0.0492. The van der Waals surface area contributed by atoms with Crippen LogP contribution in [0.2, 0.25) is 0 Å². The minimum atomic E-state index is 0.303. The van der Waals surface area contributed by atoms with Gasteiger partial charge in [-0.15, -0.1) is 0 Å². The Morgan fingerprint density at radius 2 is 2.06 bits per heavy atom. The van der Waals surface area contributed by atoms with Crippen LogP contribution in [0.25, 0.3) is 0 Å². The maximum absolute atomic E-state index is 5.88. The summed E-state index contributed by atoms with van der Waals surface area (Å²) in [4.78, 5) is 0. The molecule has 1 aromatic rings. The van der Waals surface area contributed by atoms with E-state index in [1.807, 2.05) is 6.07 Å². The second-order valence-corrected chi connectivity index (χ2v) is 4.65. The fourth-order valence-corrected chi connectivity index (χ4v) is 2.05. The molecule has 1 aliphatic heterocycles. The van der Waals surface area contributed by atoms with Crippen molar-refractivity contribution in [3.8, 4) is 11.5 Å². The normalized spacial score (nSPS) is 14.8. The van der Waals surface area contributed by atoms with E-state index >= 15 is 0 Å². The average molecular weight is 250 g/mol. The lowest BCUT2D eigenvalue weighted by atomic mass is 10.1. The number of benzene rings is 1. The first-order valence-corrected chi connectivity index (χ1v) is 6.83. The molecule has 0 saturated heterocycles. The summed E-state index contributed by atoms with van der Waals surface area (Å²) in [7, 11) is 0. The van der Waals surface area contributed by atoms with Gasteiger partial charge in [0.05, 0.1) is 6.10 Å². The van der Waals surface area contributed by atoms with Crippen LogP contribution in [0.4, 0.5) is 0 Å². The minimum Gasteiger partial charge on any atom is -0.454 e. The molecular formula is C15H22O3. The summed E-state index contributed by atoms with van der Waals surface area (Å²) in [6, 6.07) is 6.14. The molecule has 1 unspecified atom stereocenters. The Hall–Kier alpha value is -1.22. The van der Waals surface area contributed by atoms with Gasteiger partial charge < -0.3 is 14.2 Å². The molecule has 0 N–H and O–H groups in total. The van der Waals surface area contributed by atoms with Gasteiger partial charge >= 0.3 is 0 Å². The highest BCUT2D eigenvalue weighted by Crippen LogP contribution is 2.33. The fraction of sp³-hybridized carbons (Fsp3) is 0.600. The highest BCUT2D eigenvalue weighted by Gasteiger charge is 2.15. The zero-order chi connectivity index (χ0) is 12.8. The van der Waals surface area contributed by atoms with Crippen molar-refractivity contribution in [1.29, 1.82) is 0 Å². The lowest BCUT2D eigenvalue weighted by Gasteiger charge is -2.16. The number of fused-ring (bicyclic) bond motifs is 1. The second-order valence-electron chi connectivity index (χ2n) is 4.65. The van der Waals surface area contributed by atoms with Crippen LogP contribution in [0.1, 0.15) is 38.7 Å². The first-order valence-electron chi connectivity index (χ1n) is 6.83. The van der Waals surface area contributed by atoms with Gasteiger partial charge in [-0.2, -0.15) is 0 Å². The van der Waals surface area contributed by atoms with Gasteiger partial charge in [0.2, 0.25) is 6.79 Å². The molecule has 100 valence electrons. The predicted octanol–water partition coefficient (Wildman–Crippen LogP) is 3.55. The van der Waals surface area contributed by atoms with Crippen molar-refractivity contribution in [2.45, 2.75) is 45.6 Å². The summed E-state index contributed by atoms with van der Waals surface area (Å²) in [6.07, 6.45) is 4.60. The zero-order valence-electron chi connectivity index (χ0n) is 11.3. The van der Waals surface area contributed by atoms with Crippen LogP contribution >= 0.6 is 0 Å². The van der Waals surface area contributed by atoms with Gasteiger partial charge in [-0.05, 0) is 37.0 Å². The SMILES string of the molecule is CCCCOC(CC)Cc1ccc2c(c1)OCO2. The summed E-state index contributed by atoms with van der Waals surface area (Å²) in [5.41, 5.74) is 1.25. The van der Waals surface area contributed by atoms with E-state index in [1.165, 1.54) is 12.0 Å². The topological polar surface area (TPSA) is 27.7 Å². The van der Waals surface area contributed by atoms with Gasteiger partial charge in [0.1, 0.15) is 0 Å². The quantitative estimate of drug-likeness (QED) is 0.693. The molecule has 18 heavy (non-hydrogen) atoms. The van der Waals surface area contributed by atoms with E-state index in [0.29, 0.717) is 12.9 Å². The van der Waals surface area contributed by atoms with E-state index in [4.69, 9.17) is 14.2 Å².